The molecule has 296 valence electrons. The van der Waals surface area contributed by atoms with Crippen molar-refractivity contribution in [2.75, 3.05) is 26.2 Å². The summed E-state index contributed by atoms with van der Waals surface area (Å²) in [5.74, 6) is -2.01. The van der Waals surface area contributed by atoms with Crippen LogP contribution in [0.25, 0.3) is 24.3 Å². The molecule has 1 atom stereocenters. The fraction of sp³-hybridized carbons (Fsp3) is 0.409. The molecule has 0 aromatic carbocycles. The monoisotopic (exact) mass is 762 g/mol. The Morgan fingerprint density at radius 3 is 1.88 bits per heavy atom. The molecule has 2 amide bonds. The number of nitrogens with one attached hydrogen (secondary N) is 2. The van der Waals surface area contributed by atoms with Crippen LogP contribution in [0.15, 0.2) is 56.2 Å². The molecule has 3 aliphatic rings. The quantitative estimate of drug-likeness (QED) is 0.188. The molecule has 0 saturated heterocycles. The summed E-state index contributed by atoms with van der Waals surface area (Å²) in [7, 11) is 0. The minimum atomic E-state index is -1.08. The molecular weight excluding hydrogens is 709 g/mol. The molecule has 2 aromatic rings. The number of hydrogen-bond donors (Lipinski definition) is 4. The number of allylic oxidation sites excluding steroid dienone is 4. The zero-order chi connectivity index (χ0) is 40.8. The van der Waals surface area contributed by atoms with E-state index in [1.807, 2.05) is 76.5 Å². The molecule has 0 radical (unpaired) electrons. The van der Waals surface area contributed by atoms with E-state index in [0.717, 1.165) is 62.5 Å². The van der Waals surface area contributed by atoms with Gasteiger partial charge in [0.25, 0.3) is 0 Å². The van der Waals surface area contributed by atoms with Gasteiger partial charge in [0.05, 0.1) is 23.2 Å². The van der Waals surface area contributed by atoms with E-state index in [4.69, 9.17) is 9.98 Å². The molecule has 5 heterocycles. The van der Waals surface area contributed by atoms with Crippen LogP contribution >= 0.6 is 0 Å². The second-order valence-corrected chi connectivity index (χ2v) is 14.3. The summed E-state index contributed by atoms with van der Waals surface area (Å²) in [6, 6.07) is -0.254. The number of aromatic amines is 2. The van der Waals surface area contributed by atoms with Gasteiger partial charge in [-0.3, -0.25) is 14.6 Å². The maximum Gasteiger partial charge on any atom is 0.328 e. The lowest BCUT2D eigenvalue weighted by Crippen LogP contribution is -2.30. The average Bonchev–Trinajstić information content (AvgIpc) is 3.81. The van der Waals surface area contributed by atoms with E-state index in [2.05, 4.69) is 16.9 Å². The highest BCUT2D eigenvalue weighted by atomic mass is 16.4. The number of aliphatic carboxylic acids is 2. The van der Waals surface area contributed by atoms with E-state index in [1.165, 1.54) is 0 Å². The third-order valence-corrected chi connectivity index (χ3v) is 11.2. The summed E-state index contributed by atoms with van der Waals surface area (Å²) < 4.78 is 0. The first-order chi connectivity index (χ1) is 26.7. The molecule has 0 aliphatic carbocycles. The number of H-pyrrole nitrogens is 2. The Morgan fingerprint density at radius 2 is 1.30 bits per heavy atom. The first-order valence-electron chi connectivity index (χ1n) is 19.5. The van der Waals surface area contributed by atoms with Crippen LogP contribution in [0.3, 0.4) is 0 Å². The van der Waals surface area contributed by atoms with E-state index in [9.17, 15) is 29.4 Å². The largest absolute Gasteiger partial charge is 0.478 e. The molecule has 56 heavy (non-hydrogen) atoms. The van der Waals surface area contributed by atoms with Crippen LogP contribution in [0.4, 0.5) is 0 Å². The molecule has 0 fully saturated rings. The van der Waals surface area contributed by atoms with E-state index < -0.39 is 11.9 Å². The van der Waals surface area contributed by atoms with Crippen LogP contribution in [-0.4, -0.2) is 97.4 Å². The van der Waals surface area contributed by atoms with Gasteiger partial charge in [0.1, 0.15) is 0 Å². The molecular formula is C44H54N6O6. The third kappa shape index (κ3) is 8.85. The van der Waals surface area contributed by atoms with Crippen LogP contribution in [-0.2, 0) is 25.6 Å². The first kappa shape index (κ1) is 41.4. The number of aliphatic imine (C=N–C) groups is 2. The van der Waals surface area contributed by atoms with Crippen molar-refractivity contribution in [3.05, 3.63) is 90.6 Å². The van der Waals surface area contributed by atoms with Crippen molar-refractivity contribution < 1.29 is 29.4 Å². The number of fused-ring (bicyclic) bond motifs is 6. The Balaban J connectivity index is 1.77. The van der Waals surface area contributed by atoms with Crippen LogP contribution in [0, 0.1) is 13.8 Å². The zero-order valence-electron chi connectivity index (χ0n) is 33.8. The first-order valence-corrected chi connectivity index (χ1v) is 19.5. The smallest absolute Gasteiger partial charge is 0.328 e. The Labute approximate surface area is 328 Å². The number of rotatable bonds is 14. The lowest BCUT2D eigenvalue weighted by molar-refractivity contribution is -0.132. The molecule has 12 nitrogen and oxygen atoms in total. The maximum atomic E-state index is 13.3. The molecule has 8 bridgehead atoms. The SMILES string of the molecule is CCN(CC)C(=O)CCC1=C(C)C2=NC1=CC1=NC(Cc3[nH]c(c(/C=C/C(=O)O)c3C)/C=c3\[nH]/c(c(/C=C/C(=O)O)c3C)=C\2)C(C)=C1CCC(=O)N(CC)CC. The molecule has 2 aromatic heterocycles. The van der Waals surface area contributed by atoms with Crippen molar-refractivity contribution in [2.45, 2.75) is 93.5 Å². The third-order valence-electron chi connectivity index (χ3n) is 11.2. The van der Waals surface area contributed by atoms with Gasteiger partial charge in [0.15, 0.2) is 0 Å². The van der Waals surface area contributed by atoms with Gasteiger partial charge in [-0.25, -0.2) is 14.6 Å². The predicted octanol–water partition coefficient (Wildman–Crippen LogP) is 5.41. The second-order valence-electron chi connectivity index (χ2n) is 14.3. The topological polar surface area (TPSA) is 172 Å². The Bertz CT molecular complexity index is 2280. The van der Waals surface area contributed by atoms with Crippen LogP contribution in [0.5, 0.6) is 0 Å². The Morgan fingerprint density at radius 1 is 0.732 bits per heavy atom. The van der Waals surface area contributed by atoms with E-state index in [-0.39, 0.29) is 17.9 Å². The minimum absolute atomic E-state index is 0.0643. The standard InChI is InChI=1S/C44H54N6O6/c1-9-49(10-2)41(51)17-13-29-25(5)33-21-34-27(7)31(15-19-43(53)54)37(45-34)23-36-28(8)32(16-20-44(55)56)38(47-36)22-35-26(6)30(40(48-35)24-39(29)46-33)14-18-42(52)50(11-3)12-4/h15-16,19-20,22-24,33,45,47H,9-14,17-18,21H2,1-8H3,(H,53,54)(H,55,56)/b19-15+,20-16+,36-23-,38-22-,40-24?. The number of carboxylic acid groups (broad SMARTS) is 2. The summed E-state index contributed by atoms with van der Waals surface area (Å²) in [5.41, 5.74) is 10.7. The lowest BCUT2D eigenvalue weighted by Gasteiger charge is -2.19. The predicted molar refractivity (Wildman–Crippen MR) is 222 cm³/mol. The van der Waals surface area contributed by atoms with Gasteiger partial charge >= 0.3 is 11.9 Å². The summed E-state index contributed by atoms with van der Waals surface area (Å²) in [4.78, 5) is 71.0. The fourth-order valence-electron chi connectivity index (χ4n) is 7.79. The van der Waals surface area contributed by atoms with Crippen molar-refractivity contribution >= 4 is 59.5 Å². The van der Waals surface area contributed by atoms with Gasteiger partial charge in [-0.15, -0.1) is 0 Å². The van der Waals surface area contributed by atoms with Gasteiger partial charge in [0.2, 0.25) is 11.8 Å². The Kier molecular flexibility index (Phi) is 13.1. The van der Waals surface area contributed by atoms with Crippen LogP contribution < -0.4 is 10.7 Å². The second kappa shape index (κ2) is 17.8. The van der Waals surface area contributed by atoms with E-state index in [1.54, 1.807) is 12.2 Å². The number of nitrogens with zero attached hydrogens (tertiary/aromatic N) is 4. The molecule has 1 unspecified atom stereocenters. The minimum Gasteiger partial charge on any atom is -0.478 e. The number of carbonyl (C=O) groups is 4. The van der Waals surface area contributed by atoms with Crippen molar-refractivity contribution in [1.29, 1.82) is 0 Å². The fourth-order valence-corrected chi connectivity index (χ4v) is 7.79. The highest BCUT2D eigenvalue weighted by Crippen LogP contribution is 2.35. The van der Waals surface area contributed by atoms with Gasteiger partial charge in [0, 0.05) is 90.8 Å². The van der Waals surface area contributed by atoms with Gasteiger partial charge in [-0.2, -0.15) is 0 Å². The summed E-state index contributed by atoms with van der Waals surface area (Å²) >= 11 is 0. The van der Waals surface area contributed by atoms with Crippen molar-refractivity contribution in [2.24, 2.45) is 9.98 Å². The molecule has 0 spiro atoms. The number of amides is 2. The van der Waals surface area contributed by atoms with E-state index >= 15 is 0 Å². The summed E-state index contributed by atoms with van der Waals surface area (Å²) in [6.45, 7) is 18.3. The van der Waals surface area contributed by atoms with Crippen molar-refractivity contribution in [3.63, 3.8) is 0 Å². The summed E-state index contributed by atoms with van der Waals surface area (Å²) in [5, 5.41) is 20.5. The molecule has 0 saturated carbocycles. The van der Waals surface area contributed by atoms with Gasteiger partial charge in [-0.1, -0.05) is 0 Å². The molecule has 12 heteroatoms. The Hall–Kier alpha value is -5.78. The molecule has 4 N–H and O–H groups in total. The highest BCUT2D eigenvalue weighted by Gasteiger charge is 2.29. The number of carboxylic acids is 2. The normalized spacial score (nSPS) is 17.8. The molecule has 3 aliphatic heterocycles. The highest BCUT2D eigenvalue weighted by molar-refractivity contribution is 6.24. The summed E-state index contributed by atoms with van der Waals surface area (Å²) in [6.07, 6.45) is 13.3. The van der Waals surface area contributed by atoms with Gasteiger partial charge < -0.3 is 30.0 Å². The van der Waals surface area contributed by atoms with Crippen molar-refractivity contribution in [1.82, 2.24) is 19.8 Å². The number of carbonyl (C=O) groups excluding carboxylic acids is 2. The van der Waals surface area contributed by atoms with Crippen LogP contribution in [0.2, 0.25) is 0 Å². The van der Waals surface area contributed by atoms with E-state index in [0.29, 0.717) is 91.6 Å². The average molecular weight is 763 g/mol. The lowest BCUT2D eigenvalue weighted by atomic mass is 9.94. The molecule has 5 rings (SSSR count). The van der Waals surface area contributed by atoms with Gasteiger partial charge in [-0.05, 0) is 132 Å². The number of hydrogen-bond acceptors (Lipinski definition) is 6. The number of aromatic nitrogens is 2. The maximum absolute atomic E-state index is 13.3. The van der Waals surface area contributed by atoms with Crippen LogP contribution in [0.1, 0.15) is 101 Å². The van der Waals surface area contributed by atoms with Crippen molar-refractivity contribution in [3.8, 4) is 0 Å². The zero-order valence-corrected chi connectivity index (χ0v) is 33.8.